The number of benzene rings is 1. The molecule has 1 atom stereocenters. The number of aryl methyl sites for hydroxylation is 1. The fourth-order valence-corrected chi connectivity index (χ4v) is 2.85. The Morgan fingerprint density at radius 1 is 1.25 bits per heavy atom. The summed E-state index contributed by atoms with van der Waals surface area (Å²) in [6, 6.07) is 4.93. The number of nitrogens with zero attached hydrogens (tertiary/aromatic N) is 3. The molecule has 3 rings (SSSR count). The summed E-state index contributed by atoms with van der Waals surface area (Å²) in [5.74, 6) is -0.479. The van der Waals surface area contributed by atoms with E-state index in [0.717, 1.165) is 5.56 Å². The first kappa shape index (κ1) is 19.7. The molecule has 0 fully saturated rings. The van der Waals surface area contributed by atoms with Crippen molar-refractivity contribution < 1.29 is 23.4 Å². The van der Waals surface area contributed by atoms with Gasteiger partial charge in [0.15, 0.2) is 5.65 Å². The van der Waals surface area contributed by atoms with Crippen LogP contribution < -0.4 is 10.1 Å². The van der Waals surface area contributed by atoms with Crippen molar-refractivity contribution in [3.63, 3.8) is 0 Å². The molecular weight excluding hydrogens is 370 g/mol. The van der Waals surface area contributed by atoms with E-state index < -0.39 is 24.2 Å². The maximum absolute atomic E-state index is 12.8. The third kappa shape index (κ3) is 4.25. The van der Waals surface area contributed by atoms with Crippen LogP contribution in [0.5, 0.6) is 5.75 Å². The molecule has 0 spiro atoms. The quantitative estimate of drug-likeness (QED) is 0.676. The number of carbonyl (C=O) groups is 1. The highest BCUT2D eigenvalue weighted by molar-refractivity contribution is 5.99. The number of hydrogen-bond acceptors (Lipinski definition) is 5. The van der Waals surface area contributed by atoms with Crippen LogP contribution in [0.15, 0.2) is 42.9 Å². The summed E-state index contributed by atoms with van der Waals surface area (Å²) in [4.78, 5) is 17.0. The van der Waals surface area contributed by atoms with Crippen molar-refractivity contribution in [2.45, 2.75) is 39.0 Å². The van der Waals surface area contributed by atoms with Crippen molar-refractivity contribution in [3.05, 3.63) is 59.5 Å². The molecule has 2 aromatic heterocycles. The van der Waals surface area contributed by atoms with Crippen molar-refractivity contribution in [2.24, 2.45) is 0 Å². The number of carbonyl (C=O) groups excluding carboxylic acids is 1. The van der Waals surface area contributed by atoms with Crippen LogP contribution in [0.2, 0.25) is 0 Å². The van der Waals surface area contributed by atoms with Crippen LogP contribution in [0.3, 0.4) is 0 Å². The van der Waals surface area contributed by atoms with Gasteiger partial charge >= 0.3 is 6.61 Å². The molecule has 0 aliphatic carbocycles. The normalized spacial score (nSPS) is 13.0. The Hall–Kier alpha value is -3.07. The van der Waals surface area contributed by atoms with Crippen LogP contribution in [0.1, 0.15) is 41.4 Å². The summed E-state index contributed by atoms with van der Waals surface area (Å²) in [5.41, 5.74) is 0.740. The number of hydrogen-bond donors (Lipinski definition) is 2. The number of amides is 1. The zero-order valence-corrected chi connectivity index (χ0v) is 15.6. The minimum Gasteiger partial charge on any atom is -0.435 e. The molecule has 3 aromatic rings. The number of alkyl halides is 2. The molecule has 148 valence electrons. The molecule has 2 heterocycles. The predicted octanol–water partition coefficient (Wildman–Crippen LogP) is 2.88. The van der Waals surface area contributed by atoms with Gasteiger partial charge in [0.2, 0.25) is 0 Å². The van der Waals surface area contributed by atoms with Gasteiger partial charge in [0.05, 0.1) is 17.8 Å². The molecule has 7 nitrogen and oxygen atoms in total. The largest absolute Gasteiger partial charge is 0.435 e. The lowest BCUT2D eigenvalue weighted by Gasteiger charge is -2.30. The second kappa shape index (κ2) is 7.51. The van der Waals surface area contributed by atoms with Gasteiger partial charge in [0.25, 0.3) is 5.91 Å². The van der Waals surface area contributed by atoms with Gasteiger partial charge in [-0.05, 0) is 44.0 Å². The van der Waals surface area contributed by atoms with Crippen molar-refractivity contribution in [3.8, 4) is 5.75 Å². The molecule has 2 N–H and O–H groups in total. The highest BCUT2D eigenvalue weighted by Gasteiger charge is 2.31. The van der Waals surface area contributed by atoms with Crippen LogP contribution in [0, 0.1) is 6.92 Å². The second-order valence-electron chi connectivity index (χ2n) is 6.97. The minimum absolute atomic E-state index is 0.0122. The zero-order valence-electron chi connectivity index (χ0n) is 15.6. The summed E-state index contributed by atoms with van der Waals surface area (Å²) in [7, 11) is 0. The second-order valence-corrected chi connectivity index (χ2v) is 6.97. The third-order valence-corrected chi connectivity index (χ3v) is 4.15. The smallest absolute Gasteiger partial charge is 0.387 e. The van der Waals surface area contributed by atoms with Gasteiger partial charge in [-0.1, -0.05) is 12.1 Å². The molecule has 28 heavy (non-hydrogen) atoms. The monoisotopic (exact) mass is 390 g/mol. The Morgan fingerprint density at radius 3 is 2.54 bits per heavy atom. The highest BCUT2D eigenvalue weighted by Crippen LogP contribution is 2.28. The molecule has 0 saturated carbocycles. The first-order valence-electron chi connectivity index (χ1n) is 8.53. The van der Waals surface area contributed by atoms with Gasteiger partial charge in [-0.15, -0.1) is 0 Å². The molecule has 0 aliphatic rings. The van der Waals surface area contributed by atoms with E-state index in [1.165, 1.54) is 35.0 Å². The maximum atomic E-state index is 12.8. The minimum atomic E-state index is -2.93. The van der Waals surface area contributed by atoms with Crippen molar-refractivity contribution in [1.29, 1.82) is 0 Å². The highest BCUT2D eigenvalue weighted by atomic mass is 19.3. The lowest BCUT2D eigenvalue weighted by atomic mass is 9.91. The Balaban J connectivity index is 1.87. The number of fused-ring (bicyclic) bond motifs is 1. The average molecular weight is 390 g/mol. The number of halogens is 2. The van der Waals surface area contributed by atoms with Crippen LogP contribution in [-0.4, -0.2) is 37.8 Å². The van der Waals surface area contributed by atoms with Crippen LogP contribution >= 0.6 is 0 Å². The van der Waals surface area contributed by atoms with Crippen molar-refractivity contribution in [2.75, 3.05) is 0 Å². The van der Waals surface area contributed by atoms with E-state index in [9.17, 15) is 18.7 Å². The van der Waals surface area contributed by atoms with E-state index in [0.29, 0.717) is 11.2 Å². The third-order valence-electron chi connectivity index (χ3n) is 4.15. The number of rotatable bonds is 6. The first-order valence-corrected chi connectivity index (χ1v) is 8.53. The molecule has 9 heteroatoms. The van der Waals surface area contributed by atoms with E-state index in [-0.39, 0.29) is 11.3 Å². The Kier molecular flexibility index (Phi) is 5.28. The van der Waals surface area contributed by atoms with Gasteiger partial charge in [0, 0.05) is 12.4 Å². The zero-order chi connectivity index (χ0) is 20.5. The Morgan fingerprint density at radius 2 is 1.93 bits per heavy atom. The molecular formula is C19H20F2N4O3. The van der Waals surface area contributed by atoms with E-state index in [1.807, 2.05) is 6.92 Å². The molecule has 1 aromatic carbocycles. The lowest BCUT2D eigenvalue weighted by molar-refractivity contribution is -0.0499. The summed E-state index contributed by atoms with van der Waals surface area (Å²) >= 11 is 0. The summed E-state index contributed by atoms with van der Waals surface area (Å²) in [6.07, 6.45) is 4.77. The van der Waals surface area contributed by atoms with Crippen LogP contribution in [0.25, 0.3) is 5.65 Å². The standard InChI is InChI=1S/C19H20F2N4O3/c1-11-8-22-16-14(9-23-25(16)10-11)17(26)24-15(19(2,3)27)12-4-6-13(7-5-12)28-18(20)21/h4-10,15,18,27H,1-3H3,(H,24,26). The predicted molar refractivity (Wildman–Crippen MR) is 97.3 cm³/mol. The van der Waals surface area contributed by atoms with Gasteiger partial charge < -0.3 is 15.2 Å². The Bertz CT molecular complexity index is 981. The fourth-order valence-electron chi connectivity index (χ4n) is 2.85. The molecule has 0 radical (unpaired) electrons. The average Bonchev–Trinajstić information content (AvgIpc) is 3.02. The first-order chi connectivity index (χ1) is 13.1. The molecule has 0 saturated heterocycles. The number of ether oxygens (including phenoxy) is 1. The lowest BCUT2D eigenvalue weighted by Crippen LogP contribution is -2.42. The van der Waals surface area contributed by atoms with Gasteiger partial charge in [-0.25, -0.2) is 9.50 Å². The van der Waals surface area contributed by atoms with Crippen molar-refractivity contribution in [1.82, 2.24) is 19.9 Å². The van der Waals surface area contributed by atoms with Gasteiger partial charge in [-0.3, -0.25) is 4.79 Å². The molecule has 0 bridgehead atoms. The Labute approximate surface area is 160 Å². The molecule has 1 amide bonds. The van der Waals surface area contributed by atoms with Gasteiger partial charge in [0.1, 0.15) is 11.3 Å². The number of aliphatic hydroxyl groups is 1. The summed E-state index contributed by atoms with van der Waals surface area (Å²) < 4.78 is 30.5. The summed E-state index contributed by atoms with van der Waals surface area (Å²) in [6.45, 7) is 2.01. The molecule has 0 aliphatic heterocycles. The topological polar surface area (TPSA) is 88.8 Å². The maximum Gasteiger partial charge on any atom is 0.387 e. The van der Waals surface area contributed by atoms with E-state index in [2.05, 4.69) is 20.1 Å². The van der Waals surface area contributed by atoms with Crippen molar-refractivity contribution >= 4 is 11.6 Å². The van der Waals surface area contributed by atoms with Gasteiger partial charge in [-0.2, -0.15) is 13.9 Å². The SMILES string of the molecule is Cc1cnc2c(C(=O)NC(c3ccc(OC(F)F)cc3)C(C)(C)O)cnn2c1. The summed E-state index contributed by atoms with van der Waals surface area (Å²) in [5, 5.41) is 17.4. The number of nitrogens with one attached hydrogen (secondary N) is 1. The van der Waals surface area contributed by atoms with Crippen LogP contribution in [-0.2, 0) is 0 Å². The van der Waals surface area contributed by atoms with Crippen LogP contribution in [0.4, 0.5) is 8.78 Å². The number of aromatic nitrogens is 3. The molecule has 1 unspecified atom stereocenters. The van der Waals surface area contributed by atoms with E-state index in [4.69, 9.17) is 0 Å². The van der Waals surface area contributed by atoms with E-state index in [1.54, 1.807) is 26.2 Å². The fraction of sp³-hybridized carbons (Fsp3) is 0.316. The van der Waals surface area contributed by atoms with E-state index >= 15 is 0 Å².